The van der Waals surface area contributed by atoms with Crippen molar-refractivity contribution in [2.75, 3.05) is 0 Å². The summed E-state index contributed by atoms with van der Waals surface area (Å²) >= 11 is 7.14. The van der Waals surface area contributed by atoms with Gasteiger partial charge in [0.15, 0.2) is 0 Å². The Morgan fingerprint density at radius 3 is 3.07 bits per heavy atom. The molecule has 6 heteroatoms. The maximum atomic E-state index is 11.1. The first kappa shape index (κ1) is 11.3. The minimum Gasteiger partial charge on any atom is -0.293 e. The van der Waals surface area contributed by atoms with Crippen molar-refractivity contribution < 1.29 is 4.79 Å². The van der Waals surface area contributed by atoms with E-state index < -0.39 is 0 Å². The molecule has 1 rings (SSSR count). The number of hydrogen-bond acceptors (Lipinski definition) is 4. The van der Waals surface area contributed by atoms with Gasteiger partial charge >= 0.3 is 0 Å². The summed E-state index contributed by atoms with van der Waals surface area (Å²) in [5.41, 5.74) is 2.07. The Kier molecular flexibility index (Phi) is 4.19. The monoisotopic (exact) mass is 231 g/mol. The fraction of sp³-hybridized carbons (Fsp3) is 0.250. The van der Waals surface area contributed by atoms with Crippen LogP contribution in [-0.2, 0) is 4.79 Å². The van der Waals surface area contributed by atoms with E-state index in [4.69, 9.17) is 17.4 Å². The number of hydrogen-bond donors (Lipinski definition) is 2. The zero-order valence-electron chi connectivity index (χ0n) is 7.53. The van der Waals surface area contributed by atoms with Crippen molar-refractivity contribution in [3.8, 4) is 0 Å². The largest absolute Gasteiger partial charge is 0.293 e. The Morgan fingerprint density at radius 1 is 1.79 bits per heavy atom. The highest BCUT2D eigenvalue weighted by molar-refractivity contribution is 8.00. The molecule has 4 nitrogen and oxygen atoms in total. The molecule has 1 heterocycles. The van der Waals surface area contributed by atoms with Gasteiger partial charge in [0, 0.05) is 6.20 Å². The van der Waals surface area contributed by atoms with E-state index in [0.29, 0.717) is 10.0 Å². The Balaban J connectivity index is 2.69. The topological polar surface area (TPSA) is 68.0 Å². The minimum absolute atomic E-state index is 0.253. The number of nitrogens with zero attached hydrogens (tertiary/aromatic N) is 1. The Bertz CT molecular complexity index is 334. The standard InChI is InChI=1S/C8H10ClN3OS/c1-5(7(13)12-10)14-8-6(9)3-2-4-11-8/h2-5H,10H2,1H3,(H,12,13). The Labute approximate surface area is 91.2 Å². The van der Waals surface area contributed by atoms with Gasteiger partial charge < -0.3 is 0 Å². The molecule has 1 unspecified atom stereocenters. The van der Waals surface area contributed by atoms with Gasteiger partial charge in [-0.1, -0.05) is 23.4 Å². The van der Waals surface area contributed by atoms with Crippen LogP contribution in [0.4, 0.5) is 0 Å². The van der Waals surface area contributed by atoms with E-state index in [-0.39, 0.29) is 11.2 Å². The number of carbonyl (C=O) groups excluding carboxylic acids is 1. The number of pyridine rings is 1. The summed E-state index contributed by atoms with van der Waals surface area (Å²) in [7, 11) is 0. The highest BCUT2D eigenvalue weighted by Gasteiger charge is 2.14. The summed E-state index contributed by atoms with van der Waals surface area (Å²) in [5, 5.41) is 0.854. The number of halogens is 1. The van der Waals surface area contributed by atoms with Gasteiger partial charge in [-0.05, 0) is 19.1 Å². The van der Waals surface area contributed by atoms with Crippen LogP contribution in [0, 0.1) is 0 Å². The number of amides is 1. The lowest BCUT2D eigenvalue weighted by atomic mass is 10.5. The van der Waals surface area contributed by atoms with E-state index in [0.717, 1.165) is 0 Å². The van der Waals surface area contributed by atoms with E-state index in [1.165, 1.54) is 11.8 Å². The molecule has 1 aromatic heterocycles. The summed E-state index contributed by atoms with van der Waals surface area (Å²) in [6.45, 7) is 1.73. The first-order valence-corrected chi connectivity index (χ1v) is 5.18. The van der Waals surface area contributed by atoms with Crippen molar-refractivity contribution >= 4 is 29.3 Å². The molecule has 0 bridgehead atoms. The van der Waals surface area contributed by atoms with E-state index >= 15 is 0 Å². The lowest BCUT2D eigenvalue weighted by molar-refractivity contribution is -0.120. The summed E-state index contributed by atoms with van der Waals surface area (Å²) < 4.78 is 0. The smallest absolute Gasteiger partial charge is 0.247 e. The van der Waals surface area contributed by atoms with Gasteiger partial charge in [0.1, 0.15) is 5.03 Å². The number of rotatable bonds is 3. The van der Waals surface area contributed by atoms with Gasteiger partial charge in [-0.25, -0.2) is 10.8 Å². The van der Waals surface area contributed by atoms with Crippen LogP contribution >= 0.6 is 23.4 Å². The van der Waals surface area contributed by atoms with Crippen molar-refractivity contribution in [2.24, 2.45) is 5.84 Å². The van der Waals surface area contributed by atoms with Crippen LogP contribution in [0.3, 0.4) is 0 Å². The second-order valence-corrected chi connectivity index (χ2v) is 4.30. The molecule has 0 radical (unpaired) electrons. The summed E-state index contributed by atoms with van der Waals surface area (Å²) in [6.07, 6.45) is 1.63. The molecule has 1 aromatic rings. The van der Waals surface area contributed by atoms with Gasteiger partial charge in [-0.3, -0.25) is 10.2 Å². The lowest BCUT2D eigenvalue weighted by Gasteiger charge is -2.08. The molecular formula is C8H10ClN3OS. The molecule has 0 saturated heterocycles. The molecule has 0 spiro atoms. The number of carbonyl (C=O) groups is 1. The molecule has 76 valence electrons. The van der Waals surface area contributed by atoms with Crippen LogP contribution in [0.25, 0.3) is 0 Å². The predicted octanol–water partition coefficient (Wildman–Crippen LogP) is 1.21. The Morgan fingerprint density at radius 2 is 2.50 bits per heavy atom. The molecule has 1 atom stereocenters. The molecule has 0 aromatic carbocycles. The third-order valence-electron chi connectivity index (χ3n) is 1.52. The lowest BCUT2D eigenvalue weighted by Crippen LogP contribution is -2.36. The SMILES string of the molecule is CC(Sc1ncccc1Cl)C(=O)NN. The Hall–Kier alpha value is -0.780. The highest BCUT2D eigenvalue weighted by atomic mass is 35.5. The van der Waals surface area contributed by atoms with E-state index in [2.05, 4.69) is 10.4 Å². The normalized spacial score (nSPS) is 12.2. The summed E-state index contributed by atoms with van der Waals surface area (Å²) in [5.74, 6) is 4.75. The van der Waals surface area contributed by atoms with Crippen molar-refractivity contribution in [2.45, 2.75) is 17.2 Å². The number of nitrogens with one attached hydrogen (secondary N) is 1. The number of hydrazine groups is 1. The molecule has 3 N–H and O–H groups in total. The molecule has 0 aliphatic rings. The summed E-state index contributed by atoms with van der Waals surface area (Å²) in [4.78, 5) is 15.1. The zero-order valence-corrected chi connectivity index (χ0v) is 9.10. The second kappa shape index (κ2) is 5.19. The quantitative estimate of drug-likeness (QED) is 0.355. The molecular weight excluding hydrogens is 222 g/mol. The molecule has 0 aliphatic carbocycles. The van der Waals surface area contributed by atoms with Crippen LogP contribution in [0.15, 0.2) is 23.4 Å². The molecule has 14 heavy (non-hydrogen) atoms. The van der Waals surface area contributed by atoms with Crippen LogP contribution in [0.1, 0.15) is 6.92 Å². The number of thioether (sulfide) groups is 1. The number of nitrogens with two attached hydrogens (primary N) is 1. The van der Waals surface area contributed by atoms with Gasteiger partial charge in [0.05, 0.1) is 10.3 Å². The predicted molar refractivity (Wildman–Crippen MR) is 56.9 cm³/mol. The van der Waals surface area contributed by atoms with Crippen LogP contribution in [-0.4, -0.2) is 16.1 Å². The third-order valence-corrected chi connectivity index (χ3v) is 3.06. The van der Waals surface area contributed by atoms with Crippen molar-refractivity contribution in [1.29, 1.82) is 0 Å². The fourth-order valence-corrected chi connectivity index (χ4v) is 1.86. The van der Waals surface area contributed by atoms with Crippen LogP contribution in [0.2, 0.25) is 5.02 Å². The third kappa shape index (κ3) is 2.87. The highest BCUT2D eigenvalue weighted by Crippen LogP contribution is 2.27. The van der Waals surface area contributed by atoms with Crippen molar-refractivity contribution in [3.05, 3.63) is 23.4 Å². The maximum absolute atomic E-state index is 11.1. The van der Waals surface area contributed by atoms with Gasteiger partial charge in [0.2, 0.25) is 5.91 Å². The van der Waals surface area contributed by atoms with E-state index in [9.17, 15) is 4.79 Å². The molecule has 1 amide bonds. The molecule has 0 fully saturated rings. The van der Waals surface area contributed by atoms with Crippen molar-refractivity contribution in [1.82, 2.24) is 10.4 Å². The summed E-state index contributed by atoms with van der Waals surface area (Å²) in [6, 6.07) is 3.46. The first-order chi connectivity index (χ1) is 6.65. The maximum Gasteiger partial charge on any atom is 0.247 e. The number of aromatic nitrogens is 1. The van der Waals surface area contributed by atoms with Gasteiger partial charge in [-0.2, -0.15) is 0 Å². The van der Waals surface area contributed by atoms with Gasteiger partial charge in [-0.15, -0.1) is 0 Å². The molecule has 0 saturated carbocycles. The zero-order chi connectivity index (χ0) is 10.6. The molecule has 0 aliphatic heterocycles. The van der Waals surface area contributed by atoms with E-state index in [1.807, 2.05) is 0 Å². The van der Waals surface area contributed by atoms with Crippen molar-refractivity contribution in [3.63, 3.8) is 0 Å². The fourth-order valence-electron chi connectivity index (χ4n) is 0.796. The van der Waals surface area contributed by atoms with Gasteiger partial charge in [0.25, 0.3) is 0 Å². The van der Waals surface area contributed by atoms with Crippen LogP contribution in [0.5, 0.6) is 0 Å². The first-order valence-electron chi connectivity index (χ1n) is 3.92. The van der Waals surface area contributed by atoms with Crippen LogP contribution < -0.4 is 11.3 Å². The average Bonchev–Trinajstić information content (AvgIpc) is 2.20. The average molecular weight is 232 g/mol. The van der Waals surface area contributed by atoms with E-state index in [1.54, 1.807) is 25.3 Å². The second-order valence-electron chi connectivity index (χ2n) is 2.56. The minimum atomic E-state index is -0.313.